The summed E-state index contributed by atoms with van der Waals surface area (Å²) in [5.41, 5.74) is -1.49. The van der Waals surface area contributed by atoms with Gasteiger partial charge in [-0.3, -0.25) is 9.59 Å². The van der Waals surface area contributed by atoms with E-state index in [0.29, 0.717) is 52.0 Å². The molecule has 2 aliphatic heterocycles. The molecule has 1 aromatic carbocycles. The molecule has 2 aliphatic rings. The highest BCUT2D eigenvalue weighted by atomic mass is 16.7. The molecular formula is C37H62N4O8. The van der Waals surface area contributed by atoms with Gasteiger partial charge in [-0.25, -0.2) is 4.79 Å². The van der Waals surface area contributed by atoms with Crippen LogP contribution in [0, 0.1) is 17.3 Å². The first-order chi connectivity index (χ1) is 23.0. The van der Waals surface area contributed by atoms with Crippen molar-refractivity contribution in [1.29, 1.82) is 0 Å². The van der Waals surface area contributed by atoms with Gasteiger partial charge < -0.3 is 44.1 Å². The number of cyclic esters (lactones) is 1. The number of ketones is 1. The molecule has 0 unspecified atom stereocenters. The van der Waals surface area contributed by atoms with Crippen molar-refractivity contribution < 1.29 is 38.4 Å². The van der Waals surface area contributed by atoms with Crippen LogP contribution in [-0.2, 0) is 35.1 Å². The standard InChI is InChI=1S/C37H62N4O8/c1-25-22-37(6,46-10)32(49-33-30(42)29(39(7)8)21-26(2)48-33)27(3)31(43)36(4,5)34(44)47-20-14-17-41(19-18-40(9)24-25)35(45)38-23-28-15-12-11-13-16-28/h11-13,15-16,25-27,29-30,32-33,42H,14,17-24H2,1-10H3,(H,38,45)/t25-,26-,27+,29+,30-,32-,33+,37-/m1/s1. The summed E-state index contributed by atoms with van der Waals surface area (Å²) in [5, 5.41) is 14.4. The summed E-state index contributed by atoms with van der Waals surface area (Å²) in [6.07, 6.45) is -1.46. The van der Waals surface area contributed by atoms with Crippen LogP contribution in [0.1, 0.15) is 66.4 Å². The molecule has 2 saturated heterocycles. The third-order valence-electron chi connectivity index (χ3n) is 10.1. The summed E-state index contributed by atoms with van der Waals surface area (Å²) in [5.74, 6) is -1.73. The largest absolute Gasteiger partial charge is 0.465 e. The molecule has 2 heterocycles. The number of hydrogen-bond acceptors (Lipinski definition) is 10. The summed E-state index contributed by atoms with van der Waals surface area (Å²) in [4.78, 5) is 46.9. The van der Waals surface area contributed by atoms with Gasteiger partial charge in [0.25, 0.3) is 0 Å². The highest BCUT2D eigenvalue weighted by molar-refractivity contribution is 6.04. The molecule has 2 fully saturated rings. The van der Waals surface area contributed by atoms with E-state index in [2.05, 4.69) is 17.1 Å². The first-order valence-corrected chi connectivity index (χ1v) is 17.7. The molecule has 278 valence electrons. The molecule has 0 aliphatic carbocycles. The van der Waals surface area contributed by atoms with E-state index in [1.54, 1.807) is 32.8 Å². The van der Waals surface area contributed by atoms with Crippen LogP contribution in [0.3, 0.4) is 0 Å². The molecule has 0 spiro atoms. The Bertz CT molecular complexity index is 1220. The van der Waals surface area contributed by atoms with Gasteiger partial charge in [-0.2, -0.15) is 0 Å². The highest BCUT2D eigenvalue weighted by Crippen LogP contribution is 2.38. The van der Waals surface area contributed by atoms with E-state index in [4.69, 9.17) is 18.9 Å². The Kier molecular flexibility index (Phi) is 15.0. The molecule has 12 nitrogen and oxygen atoms in total. The van der Waals surface area contributed by atoms with Crippen LogP contribution in [0.2, 0.25) is 0 Å². The average molecular weight is 691 g/mol. The van der Waals surface area contributed by atoms with Crippen LogP contribution in [0.5, 0.6) is 0 Å². The topological polar surface area (TPSA) is 130 Å². The lowest BCUT2D eigenvalue weighted by Crippen LogP contribution is -2.59. The minimum absolute atomic E-state index is 0.0564. The van der Waals surface area contributed by atoms with Crippen molar-refractivity contribution in [3.63, 3.8) is 0 Å². The lowest BCUT2D eigenvalue weighted by molar-refractivity contribution is -0.295. The molecule has 0 radical (unpaired) electrons. The number of Topliss-reactive ketones (excluding diaryl/α,β-unsaturated/α-hetero) is 1. The third-order valence-corrected chi connectivity index (χ3v) is 10.1. The number of benzene rings is 1. The fraction of sp³-hybridized carbons (Fsp3) is 0.757. The number of rotatable bonds is 6. The molecule has 2 N–H and O–H groups in total. The fourth-order valence-electron chi connectivity index (χ4n) is 7.18. The number of urea groups is 1. The Labute approximate surface area is 293 Å². The molecule has 3 rings (SSSR count). The summed E-state index contributed by atoms with van der Waals surface area (Å²) in [6.45, 7) is 13.5. The van der Waals surface area contributed by atoms with E-state index < -0.39 is 41.4 Å². The first kappa shape index (κ1) is 40.8. The van der Waals surface area contributed by atoms with Gasteiger partial charge in [0.2, 0.25) is 0 Å². The van der Waals surface area contributed by atoms with Crippen LogP contribution in [-0.4, -0.2) is 135 Å². The number of carbonyl (C=O) groups excluding carboxylic acids is 3. The van der Waals surface area contributed by atoms with Gasteiger partial charge in [-0.1, -0.05) is 44.2 Å². The molecule has 0 bridgehead atoms. The molecular weight excluding hydrogens is 628 g/mol. The molecule has 2 amide bonds. The summed E-state index contributed by atoms with van der Waals surface area (Å²) in [6, 6.07) is 9.33. The maximum absolute atomic E-state index is 14.2. The molecule has 0 aromatic heterocycles. The van der Waals surface area contributed by atoms with Crippen molar-refractivity contribution in [3.05, 3.63) is 35.9 Å². The summed E-state index contributed by atoms with van der Waals surface area (Å²) < 4.78 is 24.7. The molecule has 0 saturated carbocycles. The lowest BCUT2D eigenvalue weighted by Gasteiger charge is -2.47. The predicted octanol–water partition coefficient (Wildman–Crippen LogP) is 3.55. The van der Waals surface area contributed by atoms with E-state index in [0.717, 1.165) is 5.56 Å². The first-order valence-electron chi connectivity index (χ1n) is 17.7. The number of hydrogen-bond donors (Lipinski definition) is 2. The zero-order valence-corrected chi connectivity index (χ0v) is 31.4. The maximum Gasteiger partial charge on any atom is 0.319 e. The number of likely N-dealkylation sites (N-methyl/N-ethyl adjacent to an activating group) is 2. The zero-order valence-electron chi connectivity index (χ0n) is 31.4. The Morgan fingerprint density at radius 2 is 1.76 bits per heavy atom. The van der Waals surface area contributed by atoms with Gasteiger partial charge >= 0.3 is 12.0 Å². The highest BCUT2D eigenvalue weighted by Gasteiger charge is 2.51. The van der Waals surface area contributed by atoms with E-state index in [-0.39, 0.29) is 36.5 Å². The third kappa shape index (κ3) is 10.9. The Hall–Kier alpha value is -2.61. The van der Waals surface area contributed by atoms with Crippen molar-refractivity contribution in [2.45, 2.75) is 104 Å². The van der Waals surface area contributed by atoms with Crippen LogP contribution >= 0.6 is 0 Å². The Morgan fingerprint density at radius 3 is 2.39 bits per heavy atom. The number of esters is 1. The summed E-state index contributed by atoms with van der Waals surface area (Å²) in [7, 11) is 7.44. The normalized spacial score (nSPS) is 33.1. The molecule has 1 aromatic rings. The number of nitrogens with zero attached hydrogens (tertiary/aromatic N) is 3. The van der Waals surface area contributed by atoms with E-state index in [1.165, 1.54) is 0 Å². The van der Waals surface area contributed by atoms with Crippen molar-refractivity contribution in [3.8, 4) is 0 Å². The number of nitrogens with one attached hydrogen (secondary N) is 1. The molecule has 12 heteroatoms. The van der Waals surface area contributed by atoms with Crippen LogP contribution in [0.15, 0.2) is 30.3 Å². The van der Waals surface area contributed by atoms with Crippen LogP contribution < -0.4 is 5.32 Å². The maximum atomic E-state index is 14.2. The second-order valence-electron chi connectivity index (χ2n) is 15.1. The van der Waals surface area contributed by atoms with Crippen molar-refractivity contribution in [2.75, 3.05) is 61.0 Å². The van der Waals surface area contributed by atoms with E-state index in [9.17, 15) is 19.5 Å². The Balaban J connectivity index is 1.89. The van der Waals surface area contributed by atoms with Gasteiger partial charge in [0.05, 0.1) is 24.4 Å². The molecule has 49 heavy (non-hydrogen) atoms. The fourth-order valence-corrected chi connectivity index (χ4v) is 7.18. The minimum atomic E-state index is -1.49. The number of aliphatic hydroxyl groups excluding tert-OH is 1. The second kappa shape index (κ2) is 18.1. The van der Waals surface area contributed by atoms with E-state index in [1.807, 2.05) is 70.2 Å². The van der Waals surface area contributed by atoms with Gasteiger partial charge in [0.1, 0.15) is 11.5 Å². The SMILES string of the molecule is CO[C@]1(C)C[C@@H](C)CN(C)CCN(C(=O)NCc2ccccc2)CCCOC(=O)C(C)(C)C(=O)[C@H](C)[C@H]1O[C@@H]1O[C@H](C)C[C@H](N(C)C)[C@H]1O. The van der Waals surface area contributed by atoms with Crippen molar-refractivity contribution in [2.24, 2.45) is 17.3 Å². The van der Waals surface area contributed by atoms with Crippen LogP contribution in [0.4, 0.5) is 4.79 Å². The number of carbonyl (C=O) groups is 3. The number of amides is 2. The number of methoxy groups -OCH3 is 1. The zero-order chi connectivity index (χ0) is 36.5. The Morgan fingerprint density at radius 1 is 1.08 bits per heavy atom. The number of aliphatic hydroxyl groups is 1. The van der Waals surface area contributed by atoms with Crippen molar-refractivity contribution in [1.82, 2.24) is 20.0 Å². The van der Waals surface area contributed by atoms with E-state index >= 15 is 0 Å². The minimum Gasteiger partial charge on any atom is -0.465 e. The van der Waals surface area contributed by atoms with Gasteiger partial charge in [0, 0.05) is 51.8 Å². The van der Waals surface area contributed by atoms with Gasteiger partial charge in [-0.05, 0) is 79.6 Å². The monoisotopic (exact) mass is 690 g/mol. The quantitative estimate of drug-likeness (QED) is 0.338. The molecule has 8 atom stereocenters. The average Bonchev–Trinajstić information content (AvgIpc) is 3.05. The van der Waals surface area contributed by atoms with Crippen molar-refractivity contribution >= 4 is 17.8 Å². The lowest BCUT2D eigenvalue weighted by atomic mass is 9.74. The van der Waals surface area contributed by atoms with Gasteiger partial charge in [0.15, 0.2) is 12.1 Å². The number of ether oxygens (including phenoxy) is 4. The summed E-state index contributed by atoms with van der Waals surface area (Å²) >= 11 is 0. The van der Waals surface area contributed by atoms with Crippen LogP contribution in [0.25, 0.3) is 0 Å². The predicted molar refractivity (Wildman–Crippen MR) is 188 cm³/mol. The second-order valence-corrected chi connectivity index (χ2v) is 15.1. The smallest absolute Gasteiger partial charge is 0.319 e. The van der Waals surface area contributed by atoms with Gasteiger partial charge in [-0.15, -0.1) is 0 Å².